The minimum absolute atomic E-state index is 0. The Morgan fingerprint density at radius 1 is 1.12 bits per heavy atom. The van der Waals surface area contributed by atoms with Gasteiger partial charge in [-0.1, -0.05) is 36.4 Å². The van der Waals surface area contributed by atoms with Crippen LogP contribution in [0, 0.1) is 0 Å². The van der Waals surface area contributed by atoms with Crippen molar-refractivity contribution in [3.05, 3.63) is 72.2 Å². The fraction of sp³-hybridized carbons (Fsp3) is 0.105. The molecule has 0 bridgehead atoms. The highest BCUT2D eigenvalue weighted by molar-refractivity contribution is 6.25. The number of rotatable bonds is 4. The molecular formula is C19H18BrN5O. The van der Waals surface area contributed by atoms with Crippen LogP contribution in [0.25, 0.3) is 11.6 Å². The van der Waals surface area contributed by atoms with Gasteiger partial charge in [0.2, 0.25) is 5.69 Å². The van der Waals surface area contributed by atoms with Gasteiger partial charge in [-0.3, -0.25) is 0 Å². The Morgan fingerprint density at radius 2 is 1.88 bits per heavy atom. The van der Waals surface area contributed by atoms with Crippen molar-refractivity contribution in [2.45, 2.75) is 6.54 Å². The predicted octanol–water partition coefficient (Wildman–Crippen LogP) is -1.12. The zero-order valence-corrected chi connectivity index (χ0v) is 15.5. The highest BCUT2D eigenvalue weighted by Gasteiger charge is 2.30. The van der Waals surface area contributed by atoms with Gasteiger partial charge in [0.1, 0.15) is 11.9 Å². The van der Waals surface area contributed by atoms with Crippen LogP contribution >= 0.6 is 0 Å². The molecule has 0 fully saturated rings. The highest BCUT2D eigenvalue weighted by Crippen LogP contribution is 2.27. The molecule has 4 rings (SSSR count). The van der Waals surface area contributed by atoms with Gasteiger partial charge in [-0.2, -0.15) is 9.67 Å². The Bertz CT molecular complexity index is 979. The van der Waals surface area contributed by atoms with E-state index >= 15 is 0 Å². The Kier molecular flexibility index (Phi) is 5.29. The van der Waals surface area contributed by atoms with Crippen molar-refractivity contribution in [3.8, 4) is 0 Å². The molecule has 2 aromatic heterocycles. The van der Waals surface area contributed by atoms with Gasteiger partial charge in [0.25, 0.3) is 0 Å². The second-order valence-electron chi connectivity index (χ2n) is 5.72. The van der Waals surface area contributed by atoms with Crippen molar-refractivity contribution >= 4 is 29.0 Å². The molecule has 0 radical (unpaired) electrons. The van der Waals surface area contributed by atoms with Gasteiger partial charge in [0, 0.05) is 6.08 Å². The Hall–Kier alpha value is -2.77. The first kappa shape index (κ1) is 18.0. The number of benzene rings is 1. The van der Waals surface area contributed by atoms with Crippen LogP contribution in [0.3, 0.4) is 0 Å². The highest BCUT2D eigenvalue weighted by atomic mass is 79.9. The first-order valence-electron chi connectivity index (χ1n) is 8.07. The molecule has 0 atom stereocenters. The number of anilines is 1. The summed E-state index contributed by atoms with van der Waals surface area (Å²) in [5.74, 6) is 1.25. The SMILES string of the molecule is Nc1c(/N=C2/C(c3ccccc3)=Cc3cccc[n+]32)cnn1CCO.[Br-]. The molecule has 0 unspecified atom stereocenters. The summed E-state index contributed by atoms with van der Waals surface area (Å²) in [6.45, 7) is 0.330. The van der Waals surface area contributed by atoms with Crippen LogP contribution in [0.4, 0.5) is 11.5 Å². The van der Waals surface area contributed by atoms with Crippen LogP contribution in [0.5, 0.6) is 0 Å². The Balaban J connectivity index is 0.00000196. The summed E-state index contributed by atoms with van der Waals surface area (Å²) >= 11 is 0. The molecular weight excluding hydrogens is 394 g/mol. The molecule has 26 heavy (non-hydrogen) atoms. The van der Waals surface area contributed by atoms with E-state index in [0.29, 0.717) is 18.1 Å². The van der Waals surface area contributed by atoms with Crippen LogP contribution in [0.2, 0.25) is 0 Å². The number of aromatic nitrogens is 3. The monoisotopic (exact) mass is 411 g/mol. The standard InChI is InChI=1S/C19H17N5O.BrH/c20-18-17(13-21-24(18)10-11-25)22-19-16(14-6-2-1-3-7-14)12-15-8-4-5-9-23(15)19;/h1-9,12-13,20,25H,10-11H2;1H. The molecule has 6 nitrogen and oxygen atoms in total. The maximum Gasteiger partial charge on any atom is 0.337 e. The normalized spacial score (nSPS) is 14.0. The summed E-state index contributed by atoms with van der Waals surface area (Å²) in [5, 5.41) is 13.3. The number of nitrogen functional groups attached to an aromatic ring is 1. The minimum Gasteiger partial charge on any atom is -1.00 e. The Morgan fingerprint density at radius 3 is 2.65 bits per heavy atom. The predicted molar refractivity (Wildman–Crippen MR) is 97.2 cm³/mol. The lowest BCUT2D eigenvalue weighted by Gasteiger charge is -2.01. The third-order valence-corrected chi connectivity index (χ3v) is 4.14. The summed E-state index contributed by atoms with van der Waals surface area (Å²) in [6.07, 6.45) is 5.72. The van der Waals surface area contributed by atoms with Gasteiger partial charge in [0.05, 0.1) is 24.9 Å². The number of nitrogens with zero attached hydrogens (tertiary/aromatic N) is 4. The molecule has 0 amide bonds. The van der Waals surface area contributed by atoms with Crippen molar-refractivity contribution in [2.24, 2.45) is 4.99 Å². The second-order valence-corrected chi connectivity index (χ2v) is 5.72. The number of allylic oxidation sites excluding steroid dienone is 1. The van der Waals surface area contributed by atoms with E-state index in [1.807, 2.05) is 47.2 Å². The van der Waals surface area contributed by atoms with Crippen LogP contribution in [-0.2, 0) is 6.54 Å². The van der Waals surface area contributed by atoms with Gasteiger partial charge in [-0.25, -0.2) is 4.68 Å². The molecule has 1 aliphatic heterocycles. The van der Waals surface area contributed by atoms with E-state index in [4.69, 9.17) is 15.8 Å². The number of fused-ring (bicyclic) bond motifs is 1. The first-order valence-corrected chi connectivity index (χ1v) is 8.07. The van der Waals surface area contributed by atoms with Crippen LogP contribution < -0.4 is 27.3 Å². The third-order valence-electron chi connectivity index (χ3n) is 4.14. The zero-order chi connectivity index (χ0) is 17.2. The van der Waals surface area contributed by atoms with Gasteiger partial charge in [-0.05, 0) is 22.7 Å². The van der Waals surface area contributed by atoms with E-state index in [9.17, 15) is 0 Å². The van der Waals surface area contributed by atoms with Gasteiger partial charge < -0.3 is 27.8 Å². The maximum atomic E-state index is 9.09. The molecule has 0 saturated carbocycles. The first-order chi connectivity index (χ1) is 12.3. The van der Waals surface area contributed by atoms with E-state index in [1.165, 1.54) is 0 Å². The summed E-state index contributed by atoms with van der Waals surface area (Å²) in [4.78, 5) is 4.78. The fourth-order valence-corrected chi connectivity index (χ4v) is 2.91. The molecule has 0 spiro atoms. The van der Waals surface area contributed by atoms with Gasteiger partial charge in [-0.15, -0.1) is 0 Å². The molecule has 0 aliphatic carbocycles. The minimum atomic E-state index is -0.0192. The second kappa shape index (κ2) is 7.63. The molecule has 1 aromatic carbocycles. The van der Waals surface area contributed by atoms with Crippen molar-refractivity contribution in [1.29, 1.82) is 0 Å². The van der Waals surface area contributed by atoms with Crippen LogP contribution in [-0.4, -0.2) is 27.3 Å². The number of hydrogen-bond acceptors (Lipinski definition) is 4. The lowest BCUT2D eigenvalue weighted by Crippen LogP contribution is -3.00. The molecule has 3 aromatic rings. The lowest BCUT2D eigenvalue weighted by atomic mass is 10.1. The van der Waals surface area contributed by atoms with E-state index < -0.39 is 0 Å². The van der Waals surface area contributed by atoms with E-state index in [0.717, 1.165) is 22.7 Å². The summed E-state index contributed by atoms with van der Waals surface area (Å²) < 4.78 is 3.59. The van der Waals surface area contributed by atoms with Crippen LogP contribution in [0.1, 0.15) is 11.3 Å². The molecule has 132 valence electrons. The molecule has 3 N–H and O–H groups in total. The quantitative estimate of drug-likeness (QED) is 0.533. The number of aliphatic imine (C=N–C) groups is 1. The summed E-state index contributed by atoms with van der Waals surface area (Å²) in [5.41, 5.74) is 9.89. The number of nitrogens with two attached hydrogens (primary N) is 1. The largest absolute Gasteiger partial charge is 1.00 e. The van der Waals surface area contributed by atoms with E-state index in [2.05, 4.69) is 23.3 Å². The summed E-state index contributed by atoms with van der Waals surface area (Å²) in [7, 11) is 0. The van der Waals surface area contributed by atoms with Crippen molar-refractivity contribution < 1.29 is 26.7 Å². The maximum absolute atomic E-state index is 9.09. The van der Waals surface area contributed by atoms with Crippen LogP contribution in [0.15, 0.2) is 65.9 Å². The fourth-order valence-electron chi connectivity index (χ4n) is 2.91. The lowest BCUT2D eigenvalue weighted by molar-refractivity contribution is -0.552. The third kappa shape index (κ3) is 3.18. The zero-order valence-electron chi connectivity index (χ0n) is 14.0. The smallest absolute Gasteiger partial charge is 0.337 e. The molecule has 1 aliphatic rings. The van der Waals surface area contributed by atoms with Crippen molar-refractivity contribution in [3.63, 3.8) is 0 Å². The topological polar surface area (TPSA) is 80.3 Å². The molecule has 0 saturated heterocycles. The van der Waals surface area contributed by atoms with Crippen molar-refractivity contribution in [2.75, 3.05) is 12.3 Å². The number of halogens is 1. The summed E-state index contributed by atoms with van der Waals surface area (Å²) in [6, 6.07) is 16.2. The average Bonchev–Trinajstić information content (AvgIpc) is 3.19. The van der Waals surface area contributed by atoms with E-state index in [-0.39, 0.29) is 23.6 Å². The van der Waals surface area contributed by atoms with Gasteiger partial charge >= 0.3 is 5.84 Å². The molecule has 3 heterocycles. The Labute approximate surface area is 161 Å². The number of aliphatic hydroxyl groups is 1. The number of hydrogen-bond donors (Lipinski definition) is 2. The van der Waals surface area contributed by atoms with Crippen molar-refractivity contribution in [1.82, 2.24) is 9.78 Å². The number of aliphatic hydroxyl groups excluding tert-OH is 1. The van der Waals surface area contributed by atoms with Gasteiger partial charge in [0.15, 0.2) is 5.82 Å². The molecule has 7 heteroatoms. The average molecular weight is 412 g/mol. The van der Waals surface area contributed by atoms with E-state index in [1.54, 1.807) is 10.9 Å². The number of pyridine rings is 1.